The molecule has 0 fully saturated rings. The molecule has 0 bridgehead atoms. The lowest BCUT2D eigenvalue weighted by Crippen LogP contribution is -2.24. The zero-order chi connectivity index (χ0) is 23.5. The first-order chi connectivity index (χ1) is 17.3. The van der Waals surface area contributed by atoms with E-state index in [4.69, 9.17) is 0 Å². The van der Waals surface area contributed by atoms with Gasteiger partial charge in [-0.2, -0.15) is 0 Å². The van der Waals surface area contributed by atoms with Crippen molar-refractivity contribution in [2.24, 2.45) is 0 Å². The van der Waals surface area contributed by atoms with Crippen molar-refractivity contribution in [1.82, 2.24) is 0 Å². The van der Waals surface area contributed by atoms with E-state index in [2.05, 4.69) is 134 Å². The molecular formula is C33H26S2. The van der Waals surface area contributed by atoms with Gasteiger partial charge in [-0.05, 0) is 44.8 Å². The van der Waals surface area contributed by atoms with Crippen LogP contribution in [0, 0.1) is 0 Å². The molecule has 4 aromatic rings. The van der Waals surface area contributed by atoms with Crippen LogP contribution in [0.4, 0.5) is 0 Å². The third-order valence-electron chi connectivity index (χ3n) is 6.71. The first-order valence-corrected chi connectivity index (χ1v) is 14.0. The second kappa shape index (κ2) is 9.81. The van der Waals surface area contributed by atoms with Crippen LogP contribution in [-0.2, 0) is 16.9 Å². The Bertz CT molecular complexity index is 1530. The Labute approximate surface area is 215 Å². The van der Waals surface area contributed by atoms with Gasteiger partial charge in [-0.3, -0.25) is 0 Å². The number of rotatable bonds is 7. The van der Waals surface area contributed by atoms with Crippen LogP contribution in [-0.4, -0.2) is 0 Å². The molecule has 1 atom stereocenters. The van der Waals surface area contributed by atoms with Gasteiger partial charge in [0.2, 0.25) is 0 Å². The van der Waals surface area contributed by atoms with E-state index in [1.54, 1.807) is 0 Å². The molecule has 2 heteroatoms. The summed E-state index contributed by atoms with van der Waals surface area (Å²) >= 11 is 3.87. The monoisotopic (exact) mass is 486 g/mol. The van der Waals surface area contributed by atoms with E-state index in [9.17, 15) is 0 Å². The topological polar surface area (TPSA) is 0 Å². The van der Waals surface area contributed by atoms with Gasteiger partial charge in [0.1, 0.15) is 0 Å². The van der Waals surface area contributed by atoms with Crippen molar-refractivity contribution >= 4 is 35.2 Å². The molecule has 170 valence electrons. The maximum absolute atomic E-state index is 2.44. The first kappa shape index (κ1) is 22.3. The summed E-state index contributed by atoms with van der Waals surface area (Å²) in [4.78, 5) is 2.70. The van der Waals surface area contributed by atoms with Crippen LogP contribution in [0.3, 0.4) is 0 Å². The zero-order valence-electron chi connectivity index (χ0n) is 19.4. The van der Waals surface area contributed by atoms with Gasteiger partial charge in [0.25, 0.3) is 0 Å². The zero-order valence-corrected chi connectivity index (χ0v) is 21.1. The average Bonchev–Trinajstić information content (AvgIpc) is 3.28. The molecule has 0 spiro atoms. The lowest BCUT2D eigenvalue weighted by Gasteiger charge is -2.30. The number of thioether (sulfide) groups is 2. The Morgan fingerprint density at radius 3 is 2.00 bits per heavy atom. The van der Waals surface area contributed by atoms with Gasteiger partial charge in [0.15, 0.2) is 0 Å². The number of hydrogen-bond acceptors (Lipinski definition) is 2. The molecule has 0 N–H and O–H groups in total. The number of benzene rings is 4. The van der Waals surface area contributed by atoms with Crippen LogP contribution in [0.1, 0.15) is 16.7 Å². The van der Waals surface area contributed by atoms with E-state index >= 15 is 0 Å². The fourth-order valence-electron chi connectivity index (χ4n) is 4.94. The van der Waals surface area contributed by atoms with E-state index in [1.165, 1.54) is 42.5 Å². The highest BCUT2D eigenvalue weighted by Crippen LogP contribution is 2.44. The van der Waals surface area contributed by atoms with Crippen molar-refractivity contribution in [1.29, 1.82) is 0 Å². The van der Waals surface area contributed by atoms with E-state index < -0.39 is 0 Å². The summed E-state index contributed by atoms with van der Waals surface area (Å²) in [7, 11) is 0. The molecule has 0 amide bonds. The van der Waals surface area contributed by atoms with Crippen LogP contribution in [0.2, 0.25) is 0 Å². The molecule has 0 aliphatic heterocycles. The fraction of sp³-hybridized carbons (Fsp3) is 0.0909. The van der Waals surface area contributed by atoms with Gasteiger partial charge < -0.3 is 0 Å². The summed E-state index contributed by atoms with van der Waals surface area (Å²) in [5.41, 5.74) is 5.22. The summed E-state index contributed by atoms with van der Waals surface area (Å²) < 4.78 is 0. The predicted molar refractivity (Wildman–Crippen MR) is 152 cm³/mol. The molecule has 2 aliphatic carbocycles. The highest BCUT2D eigenvalue weighted by atomic mass is 32.2. The Morgan fingerprint density at radius 1 is 0.600 bits per heavy atom. The van der Waals surface area contributed by atoms with Crippen molar-refractivity contribution in [3.63, 3.8) is 0 Å². The number of allylic oxidation sites excluding steroid dienone is 4. The summed E-state index contributed by atoms with van der Waals surface area (Å²) in [6.07, 6.45) is 11.5. The lowest BCUT2D eigenvalue weighted by atomic mass is 9.73. The molecule has 6 rings (SSSR count). The quantitative estimate of drug-likeness (QED) is 0.252. The minimum absolute atomic E-state index is 0.205. The van der Waals surface area contributed by atoms with Gasteiger partial charge in [0, 0.05) is 21.3 Å². The Hall–Kier alpha value is -3.20. The largest absolute Gasteiger partial charge is 0.120 e. The Morgan fingerprint density at radius 2 is 1.26 bits per heavy atom. The third kappa shape index (κ3) is 4.45. The van der Waals surface area contributed by atoms with E-state index in [0.29, 0.717) is 0 Å². The molecule has 0 saturated carbocycles. The van der Waals surface area contributed by atoms with E-state index in [1.807, 2.05) is 23.5 Å². The first-order valence-electron chi connectivity index (χ1n) is 12.0. The SMILES string of the molecule is C1=CC2=c3ccccc3=CC2(c2ccc(SCc3ccccc3)c(SCc3ccccc3)c2)C=C1. The van der Waals surface area contributed by atoms with Crippen molar-refractivity contribution < 1.29 is 0 Å². The smallest absolute Gasteiger partial charge is 0.0581 e. The lowest BCUT2D eigenvalue weighted by molar-refractivity contribution is 0.925. The highest BCUT2D eigenvalue weighted by Gasteiger charge is 2.35. The minimum Gasteiger partial charge on any atom is -0.120 e. The molecule has 0 saturated heterocycles. The predicted octanol–water partition coefficient (Wildman–Crippen LogP) is 7.28. The molecule has 2 aliphatic rings. The second-order valence-electron chi connectivity index (χ2n) is 8.94. The van der Waals surface area contributed by atoms with Crippen LogP contribution in [0.5, 0.6) is 0 Å². The Kier molecular flexibility index (Phi) is 6.24. The molecule has 1 unspecified atom stereocenters. The van der Waals surface area contributed by atoms with Crippen molar-refractivity contribution in [2.45, 2.75) is 26.7 Å². The maximum atomic E-state index is 2.44. The van der Waals surface area contributed by atoms with Crippen molar-refractivity contribution in [2.75, 3.05) is 0 Å². The molecule has 35 heavy (non-hydrogen) atoms. The van der Waals surface area contributed by atoms with Crippen molar-refractivity contribution in [3.05, 3.63) is 155 Å². The molecule has 0 nitrogen and oxygen atoms in total. The number of fused-ring (bicyclic) bond motifs is 2. The normalized spacial score (nSPS) is 17.7. The minimum atomic E-state index is -0.205. The van der Waals surface area contributed by atoms with Crippen LogP contribution in [0.15, 0.2) is 137 Å². The summed E-state index contributed by atoms with van der Waals surface area (Å²) in [6, 6.07) is 37.4. The summed E-state index contributed by atoms with van der Waals surface area (Å²) in [5.74, 6) is 1.94. The molecule has 0 radical (unpaired) electrons. The third-order valence-corrected chi connectivity index (χ3v) is 9.11. The van der Waals surface area contributed by atoms with E-state index in [0.717, 1.165) is 11.5 Å². The van der Waals surface area contributed by atoms with Gasteiger partial charge in [-0.15, -0.1) is 23.5 Å². The van der Waals surface area contributed by atoms with Crippen LogP contribution < -0.4 is 10.4 Å². The van der Waals surface area contributed by atoms with Crippen LogP contribution in [0.25, 0.3) is 11.6 Å². The number of hydrogen-bond donors (Lipinski definition) is 0. The highest BCUT2D eigenvalue weighted by molar-refractivity contribution is 8.01. The van der Waals surface area contributed by atoms with Crippen LogP contribution >= 0.6 is 23.5 Å². The van der Waals surface area contributed by atoms with Gasteiger partial charge >= 0.3 is 0 Å². The standard InChI is InChI=1S/C33H26S2/c1-3-11-25(12-4-1)23-34-31-19-18-28(21-32(31)35-24-26-13-5-2-6-14-26)33-20-10-9-17-30(33)29-16-8-7-15-27(29)22-33/h1-22H,23-24H2. The van der Waals surface area contributed by atoms with Gasteiger partial charge in [0.05, 0.1) is 5.41 Å². The molecule has 4 aromatic carbocycles. The van der Waals surface area contributed by atoms with E-state index in [-0.39, 0.29) is 5.41 Å². The maximum Gasteiger partial charge on any atom is 0.0581 e. The Balaban J connectivity index is 1.39. The van der Waals surface area contributed by atoms with Gasteiger partial charge in [-0.25, -0.2) is 0 Å². The molecule has 0 heterocycles. The van der Waals surface area contributed by atoms with Crippen molar-refractivity contribution in [3.8, 4) is 0 Å². The summed E-state index contributed by atoms with van der Waals surface area (Å²) in [6.45, 7) is 0. The summed E-state index contributed by atoms with van der Waals surface area (Å²) in [5, 5.41) is 2.66. The fourth-order valence-corrected chi connectivity index (χ4v) is 7.11. The molecule has 0 aromatic heterocycles. The van der Waals surface area contributed by atoms with Gasteiger partial charge in [-0.1, -0.05) is 121 Å². The molecular weight excluding hydrogens is 460 g/mol. The average molecular weight is 487 g/mol. The second-order valence-corrected chi connectivity index (χ2v) is 11.0.